The fourth-order valence-corrected chi connectivity index (χ4v) is 9.23. The minimum Gasteiger partial charge on any atom is -0.505 e. The summed E-state index contributed by atoms with van der Waals surface area (Å²) >= 11 is 5.88. The summed E-state index contributed by atoms with van der Waals surface area (Å²) in [5.41, 5.74) is 3.82. The van der Waals surface area contributed by atoms with E-state index in [-0.39, 0.29) is 50.5 Å². The second-order valence-corrected chi connectivity index (χ2v) is 18.0. The summed E-state index contributed by atoms with van der Waals surface area (Å²) in [5.74, 6) is -6.92. The number of halogens is 8. The van der Waals surface area contributed by atoms with Crippen LogP contribution in [0.4, 0.5) is 26.3 Å². The van der Waals surface area contributed by atoms with Crippen LogP contribution in [0.25, 0.3) is 11.1 Å². The van der Waals surface area contributed by atoms with Crippen LogP contribution in [0.2, 0.25) is 0 Å². The quantitative estimate of drug-likeness (QED) is 0.0879. The topological polar surface area (TPSA) is 121 Å². The van der Waals surface area contributed by atoms with Crippen LogP contribution in [0.3, 0.4) is 0 Å². The van der Waals surface area contributed by atoms with Gasteiger partial charge in [0.2, 0.25) is 11.6 Å². The normalized spacial score (nSPS) is 25.2. The van der Waals surface area contributed by atoms with E-state index in [4.69, 9.17) is 10.2 Å². The SMILES string of the molecule is C[C@]12CCC(c3ccc(O)c(F)c3F)=C[C@H]1CC[C@@H]2O.Cc1c(Br)ccc(O)c1F.Cc1c(C2=C[C@H]3CC[C@H](O)[C@@]3(C)CC2)ccc(O)c1F.Oc1ccc(Br)c(F)c1F. The summed E-state index contributed by atoms with van der Waals surface area (Å²) in [6.07, 6.45) is 10.3. The molecule has 0 saturated heterocycles. The van der Waals surface area contributed by atoms with Crippen molar-refractivity contribution in [2.75, 3.05) is 0 Å². The maximum atomic E-state index is 13.9. The lowest BCUT2D eigenvalue weighted by atomic mass is 9.69. The van der Waals surface area contributed by atoms with Crippen molar-refractivity contribution in [3.05, 3.63) is 127 Å². The highest BCUT2D eigenvalue weighted by atomic mass is 79.9. The first-order valence-corrected chi connectivity index (χ1v) is 21.1. The van der Waals surface area contributed by atoms with Gasteiger partial charge in [-0.1, -0.05) is 48.0 Å². The number of phenols is 4. The van der Waals surface area contributed by atoms with E-state index in [0.29, 0.717) is 27.9 Å². The predicted molar refractivity (Wildman–Crippen MR) is 225 cm³/mol. The first-order valence-electron chi connectivity index (χ1n) is 19.5. The Bertz CT molecular complexity index is 2090. The van der Waals surface area contributed by atoms with E-state index in [1.807, 2.05) is 6.08 Å². The number of hydrogen-bond acceptors (Lipinski definition) is 6. The molecule has 0 radical (unpaired) electrons. The van der Waals surface area contributed by atoms with E-state index in [1.165, 1.54) is 30.3 Å². The second kappa shape index (κ2) is 19.0. The van der Waals surface area contributed by atoms with Crippen LogP contribution in [0.5, 0.6) is 23.0 Å². The Balaban J connectivity index is 0.000000160. The van der Waals surface area contributed by atoms with Crippen molar-refractivity contribution < 1.29 is 57.0 Å². The van der Waals surface area contributed by atoms with Crippen molar-refractivity contribution in [2.24, 2.45) is 22.7 Å². The van der Waals surface area contributed by atoms with E-state index in [0.717, 1.165) is 67.7 Å². The Morgan fingerprint density at radius 3 is 1.33 bits per heavy atom. The third-order valence-electron chi connectivity index (χ3n) is 12.8. The molecular formula is C46H48Br2F6O6. The third kappa shape index (κ3) is 9.56. The number of aliphatic hydroxyl groups excluding tert-OH is 2. The molecule has 0 bridgehead atoms. The Labute approximate surface area is 362 Å². The summed E-state index contributed by atoms with van der Waals surface area (Å²) in [6, 6.07) is 11.1. The third-order valence-corrected chi connectivity index (χ3v) is 14.3. The molecule has 0 spiro atoms. The summed E-state index contributed by atoms with van der Waals surface area (Å²) < 4.78 is 79.4. The Hall–Kier alpha value is -3.98. The first kappa shape index (κ1) is 47.1. The van der Waals surface area contributed by atoms with Crippen LogP contribution in [0.15, 0.2) is 69.6 Å². The van der Waals surface area contributed by atoms with Crippen LogP contribution in [-0.4, -0.2) is 42.8 Å². The Morgan fingerprint density at radius 2 is 0.867 bits per heavy atom. The summed E-state index contributed by atoms with van der Waals surface area (Å²) in [7, 11) is 0. The molecule has 4 aliphatic rings. The van der Waals surface area contributed by atoms with Gasteiger partial charge in [-0.25, -0.2) is 17.6 Å². The smallest absolute Gasteiger partial charge is 0.201 e. The van der Waals surface area contributed by atoms with Crippen LogP contribution in [0, 0.1) is 71.4 Å². The monoisotopic (exact) mass is 968 g/mol. The molecule has 2 saturated carbocycles. The number of hydrogen-bond donors (Lipinski definition) is 6. The molecule has 324 valence electrons. The van der Waals surface area contributed by atoms with Gasteiger partial charge in [0.1, 0.15) is 0 Å². The second-order valence-electron chi connectivity index (χ2n) is 16.3. The molecule has 6 atom stereocenters. The molecule has 2 fully saturated rings. The molecule has 4 aromatic rings. The number of fused-ring (bicyclic) bond motifs is 2. The molecule has 60 heavy (non-hydrogen) atoms. The molecular weight excluding hydrogens is 922 g/mol. The van der Waals surface area contributed by atoms with Crippen LogP contribution < -0.4 is 0 Å². The average molecular weight is 971 g/mol. The Kier molecular flexibility index (Phi) is 14.9. The van der Waals surface area contributed by atoms with Crippen molar-refractivity contribution in [3.8, 4) is 23.0 Å². The highest BCUT2D eigenvalue weighted by molar-refractivity contribution is 9.10. The molecule has 6 nitrogen and oxygen atoms in total. The van der Waals surface area contributed by atoms with E-state index in [9.17, 15) is 46.8 Å². The van der Waals surface area contributed by atoms with Gasteiger partial charge in [-0.3, -0.25) is 0 Å². The summed E-state index contributed by atoms with van der Waals surface area (Å²) in [4.78, 5) is 0. The highest BCUT2D eigenvalue weighted by Gasteiger charge is 2.47. The zero-order valence-corrected chi connectivity index (χ0v) is 36.6. The fourth-order valence-electron chi connectivity index (χ4n) is 8.62. The molecule has 8 rings (SSSR count). The van der Waals surface area contributed by atoms with Gasteiger partial charge in [0.25, 0.3) is 0 Å². The van der Waals surface area contributed by atoms with Crippen LogP contribution in [0.1, 0.15) is 87.5 Å². The van der Waals surface area contributed by atoms with Gasteiger partial charge in [0.15, 0.2) is 46.3 Å². The molecule has 4 aromatic carbocycles. The summed E-state index contributed by atoms with van der Waals surface area (Å²) in [5, 5.41) is 56.3. The molecule has 0 aromatic heterocycles. The number of aromatic hydroxyl groups is 4. The van der Waals surface area contributed by atoms with E-state index in [1.54, 1.807) is 26.0 Å². The van der Waals surface area contributed by atoms with E-state index < -0.39 is 46.4 Å². The van der Waals surface area contributed by atoms with Gasteiger partial charge in [0, 0.05) is 26.4 Å². The molecule has 4 aliphatic carbocycles. The van der Waals surface area contributed by atoms with Crippen molar-refractivity contribution in [1.29, 1.82) is 0 Å². The summed E-state index contributed by atoms with van der Waals surface area (Å²) in [6.45, 7) is 7.53. The number of phenolic OH excluding ortho intramolecular Hbond substituents is 4. The number of rotatable bonds is 2. The molecule has 0 unspecified atom stereocenters. The highest BCUT2D eigenvalue weighted by Crippen LogP contribution is 2.54. The molecule has 0 heterocycles. The van der Waals surface area contributed by atoms with Crippen molar-refractivity contribution in [1.82, 2.24) is 0 Å². The van der Waals surface area contributed by atoms with Gasteiger partial charge in [0.05, 0.1) is 16.7 Å². The van der Waals surface area contributed by atoms with Gasteiger partial charge >= 0.3 is 0 Å². The van der Waals surface area contributed by atoms with Gasteiger partial charge in [-0.05, 0) is 158 Å². The van der Waals surface area contributed by atoms with Crippen molar-refractivity contribution in [2.45, 2.75) is 91.3 Å². The minimum atomic E-state index is -1.23. The van der Waals surface area contributed by atoms with Gasteiger partial charge in [-0.15, -0.1) is 0 Å². The zero-order valence-electron chi connectivity index (χ0n) is 33.4. The van der Waals surface area contributed by atoms with E-state index in [2.05, 4.69) is 51.8 Å². The molecule has 0 amide bonds. The van der Waals surface area contributed by atoms with Crippen molar-refractivity contribution >= 4 is 43.0 Å². The maximum absolute atomic E-state index is 13.9. The number of allylic oxidation sites excluding steroid dienone is 4. The Morgan fingerprint density at radius 1 is 0.483 bits per heavy atom. The number of benzene rings is 4. The zero-order chi connectivity index (χ0) is 44.4. The molecule has 14 heteroatoms. The lowest BCUT2D eigenvalue weighted by Crippen LogP contribution is -2.33. The van der Waals surface area contributed by atoms with Crippen LogP contribution >= 0.6 is 31.9 Å². The predicted octanol–water partition coefficient (Wildman–Crippen LogP) is 12.5. The fraction of sp³-hybridized carbons (Fsp3) is 0.391. The largest absolute Gasteiger partial charge is 0.505 e. The van der Waals surface area contributed by atoms with E-state index >= 15 is 0 Å². The minimum absolute atomic E-state index is 0.00259. The lowest BCUT2D eigenvalue weighted by Gasteiger charge is -2.37. The molecule has 0 aliphatic heterocycles. The van der Waals surface area contributed by atoms with Gasteiger partial charge in [-0.2, -0.15) is 8.78 Å². The van der Waals surface area contributed by atoms with Gasteiger partial charge < -0.3 is 30.6 Å². The molecule has 6 N–H and O–H groups in total. The maximum Gasteiger partial charge on any atom is 0.201 e. The average Bonchev–Trinajstić information content (AvgIpc) is 3.70. The van der Waals surface area contributed by atoms with Crippen LogP contribution in [-0.2, 0) is 0 Å². The first-order chi connectivity index (χ1) is 28.1. The lowest BCUT2D eigenvalue weighted by molar-refractivity contribution is 0.0418. The van der Waals surface area contributed by atoms with Crippen molar-refractivity contribution in [3.63, 3.8) is 0 Å². The number of aliphatic hydroxyl groups is 2. The standard InChI is InChI=1S/C17H21FO2.C16H18F2O2.C7H6BrFO.C6H3BrF2O/c1-10-13(4-5-14(19)16(10)18)11-7-8-17(2)12(9-11)3-6-15(17)20;1-16-7-6-9(8-10(16)2-5-13(16)20)11-3-4-12(19)15(18)14(11)17;1-4-5(8)2-3-6(10)7(4)9;7-3-1-2-4(10)6(9)5(3)8/h4-5,9,12,15,19-20H,3,6-8H2,1-2H3;3-4,8,10,13,19-20H,2,5-7H2,1H3;2-3,10H,1H3;1-2,10H/t12-,15+,17+;10-,13+,16+;;/m11../s1.